The van der Waals surface area contributed by atoms with E-state index in [0.29, 0.717) is 45.0 Å². The first-order valence-electron chi connectivity index (χ1n) is 19.1. The summed E-state index contributed by atoms with van der Waals surface area (Å²) < 4.78 is 11.4. The molecule has 1 fully saturated rings. The van der Waals surface area contributed by atoms with Gasteiger partial charge in [0, 0.05) is 30.2 Å². The van der Waals surface area contributed by atoms with Crippen molar-refractivity contribution >= 4 is 35.2 Å². The normalized spacial score (nSPS) is 13.1. The summed E-state index contributed by atoms with van der Waals surface area (Å²) >= 11 is 0. The summed E-state index contributed by atoms with van der Waals surface area (Å²) in [4.78, 5) is 36.5. The Hall–Kier alpha value is -5.41. The largest absolute Gasteiger partial charge is 0.460 e. The van der Waals surface area contributed by atoms with Crippen molar-refractivity contribution in [1.29, 1.82) is 0 Å². The zero-order valence-electron chi connectivity index (χ0n) is 33.7. The molecule has 292 valence electrons. The molecule has 1 aromatic heterocycles. The Bertz CT molecular complexity index is 1860. The molecule has 3 N–H and O–H groups in total. The fourth-order valence-electron chi connectivity index (χ4n) is 5.69. The minimum Gasteiger partial charge on any atom is -0.460 e. The van der Waals surface area contributed by atoms with Gasteiger partial charge < -0.3 is 20.5 Å². The van der Waals surface area contributed by atoms with Crippen LogP contribution in [0.2, 0.25) is 0 Å². The van der Waals surface area contributed by atoms with Gasteiger partial charge in [0.2, 0.25) is 6.41 Å². The number of carbonyl (C=O) groups is 2. The van der Waals surface area contributed by atoms with Crippen LogP contribution in [0.1, 0.15) is 93.3 Å². The van der Waals surface area contributed by atoms with Gasteiger partial charge in [0.25, 0.3) is 0 Å². The summed E-state index contributed by atoms with van der Waals surface area (Å²) in [5.74, 6) is 1.21. The van der Waals surface area contributed by atoms with Crippen LogP contribution >= 0.6 is 0 Å². The third-order valence-corrected chi connectivity index (χ3v) is 9.64. The van der Waals surface area contributed by atoms with E-state index in [-0.39, 0.29) is 5.97 Å². The van der Waals surface area contributed by atoms with E-state index in [4.69, 9.17) is 20.2 Å². The fourth-order valence-corrected chi connectivity index (χ4v) is 5.69. The molecule has 1 heterocycles. The number of rotatable bonds is 15. The van der Waals surface area contributed by atoms with Gasteiger partial charge in [-0.05, 0) is 111 Å². The molecule has 0 aliphatic heterocycles. The number of pyridine rings is 1. The van der Waals surface area contributed by atoms with Gasteiger partial charge >= 0.3 is 5.97 Å². The van der Waals surface area contributed by atoms with E-state index in [9.17, 15) is 9.59 Å². The van der Waals surface area contributed by atoms with E-state index >= 15 is 0 Å². The zero-order valence-corrected chi connectivity index (χ0v) is 33.7. The second kappa shape index (κ2) is 23.4. The molecule has 1 amide bonds. The van der Waals surface area contributed by atoms with Crippen molar-refractivity contribution in [2.75, 3.05) is 19.0 Å². The number of aromatic nitrogens is 1. The molecule has 0 unspecified atom stereocenters. The number of hydrogen-bond acceptors (Lipinski definition) is 7. The van der Waals surface area contributed by atoms with Crippen molar-refractivity contribution in [2.45, 2.75) is 86.9 Å². The number of aliphatic imine (C=N–C) groups is 2. The van der Waals surface area contributed by atoms with E-state index in [1.165, 1.54) is 24.1 Å². The molecule has 3 aromatic carbocycles. The molecular weight excluding hydrogens is 687 g/mol. The molecule has 9 nitrogen and oxygen atoms in total. The van der Waals surface area contributed by atoms with Gasteiger partial charge in [-0.2, -0.15) is 0 Å². The highest BCUT2D eigenvalue weighted by Gasteiger charge is 2.37. The molecule has 0 bridgehead atoms. The summed E-state index contributed by atoms with van der Waals surface area (Å²) in [5, 5.41) is 2.71. The van der Waals surface area contributed by atoms with E-state index < -0.39 is 5.41 Å². The number of allylic oxidation sites excluding steroid dienone is 1. The van der Waals surface area contributed by atoms with Crippen molar-refractivity contribution in [1.82, 2.24) is 4.98 Å². The van der Waals surface area contributed by atoms with Gasteiger partial charge in [-0.3, -0.25) is 19.6 Å². The van der Waals surface area contributed by atoms with Crippen molar-refractivity contribution < 1.29 is 19.1 Å². The van der Waals surface area contributed by atoms with Crippen LogP contribution < -0.4 is 11.1 Å². The van der Waals surface area contributed by atoms with Crippen LogP contribution in [0.3, 0.4) is 0 Å². The van der Waals surface area contributed by atoms with Crippen LogP contribution in [0.15, 0.2) is 113 Å². The topological polar surface area (TPSA) is 128 Å². The van der Waals surface area contributed by atoms with E-state index in [1.54, 1.807) is 19.4 Å². The van der Waals surface area contributed by atoms with E-state index in [2.05, 4.69) is 22.2 Å². The van der Waals surface area contributed by atoms with Crippen LogP contribution in [0.4, 0.5) is 5.69 Å². The van der Waals surface area contributed by atoms with Crippen molar-refractivity contribution in [3.8, 4) is 0 Å². The predicted octanol–water partition coefficient (Wildman–Crippen LogP) is 9.66. The summed E-state index contributed by atoms with van der Waals surface area (Å²) in [6.45, 7) is 13.3. The summed E-state index contributed by atoms with van der Waals surface area (Å²) in [5.41, 5.74) is 14.0. The van der Waals surface area contributed by atoms with Crippen molar-refractivity contribution in [3.63, 3.8) is 0 Å². The Morgan fingerprint density at radius 2 is 1.56 bits per heavy atom. The predicted molar refractivity (Wildman–Crippen MR) is 226 cm³/mol. The number of benzene rings is 3. The number of ether oxygens (including phenoxy) is 2. The number of amidine groups is 1. The third-order valence-electron chi connectivity index (χ3n) is 9.64. The number of nitrogens with zero attached hydrogens (tertiary/aromatic N) is 3. The van der Waals surface area contributed by atoms with Gasteiger partial charge in [-0.25, -0.2) is 4.99 Å². The Morgan fingerprint density at radius 1 is 0.927 bits per heavy atom. The van der Waals surface area contributed by atoms with Gasteiger partial charge in [0.05, 0.1) is 24.3 Å². The average Bonchev–Trinajstić information content (AvgIpc) is 4.07. The average molecular weight is 746 g/mol. The molecule has 5 rings (SSSR count). The standard InChI is InChI=1S/C21H26O3.C16H21N3O.C9H12N2/c1-3-21(4-2,17-23-15-18-11-7-5-8-12-18)20(22)24-16-19-13-9-6-10-14-19;1-4-14(12-7-8-12)19-16(17-3)13-6-5-11(2)15(9-13)18-10-20;1-7-3-4-11-9(5-7)8(2)6-10/h5-14H,3-4,15-17H2,1-2H3;5-6,9-10,12H,4,7-8H2,1-3H3,(H,18,20);3-6H,10H2,1-2H3/b;;8-6-. The van der Waals surface area contributed by atoms with Gasteiger partial charge in [-0.1, -0.05) is 93.6 Å². The molecule has 55 heavy (non-hydrogen) atoms. The maximum Gasteiger partial charge on any atom is 0.314 e. The number of aryl methyl sites for hydroxylation is 2. The molecule has 1 saturated carbocycles. The molecular formula is C46H59N5O4. The van der Waals surface area contributed by atoms with E-state index in [0.717, 1.165) is 51.5 Å². The lowest BCUT2D eigenvalue weighted by atomic mass is 9.83. The number of amides is 1. The van der Waals surface area contributed by atoms with Crippen molar-refractivity contribution in [2.24, 2.45) is 27.1 Å². The number of nitrogens with two attached hydrogens (primary N) is 1. The second-order valence-corrected chi connectivity index (χ2v) is 13.7. The smallest absolute Gasteiger partial charge is 0.314 e. The third kappa shape index (κ3) is 14.4. The number of carbonyl (C=O) groups excluding carboxylic acids is 2. The maximum atomic E-state index is 12.6. The monoisotopic (exact) mass is 745 g/mol. The van der Waals surface area contributed by atoms with Crippen molar-refractivity contribution in [3.05, 3.63) is 137 Å². The highest BCUT2D eigenvalue weighted by atomic mass is 16.5. The summed E-state index contributed by atoms with van der Waals surface area (Å²) in [6, 6.07) is 29.6. The van der Waals surface area contributed by atoms with Crippen LogP contribution in [-0.4, -0.2) is 42.6 Å². The lowest BCUT2D eigenvalue weighted by Gasteiger charge is -2.29. The zero-order chi connectivity index (χ0) is 40.1. The highest BCUT2D eigenvalue weighted by molar-refractivity contribution is 6.08. The first-order chi connectivity index (χ1) is 26.6. The fraction of sp³-hybridized carbons (Fsp3) is 0.370. The molecule has 0 radical (unpaired) electrons. The molecule has 0 atom stereocenters. The molecule has 1 aliphatic rings. The Labute approximate surface area is 328 Å². The lowest BCUT2D eigenvalue weighted by molar-refractivity contribution is -0.162. The quantitative estimate of drug-likeness (QED) is 0.0540. The van der Waals surface area contributed by atoms with Gasteiger partial charge in [0.1, 0.15) is 6.61 Å². The Balaban J connectivity index is 0.000000236. The number of esters is 1. The minimum absolute atomic E-state index is 0.176. The molecule has 1 aliphatic carbocycles. The first kappa shape index (κ1) is 44.0. The van der Waals surface area contributed by atoms with Gasteiger partial charge in [0.15, 0.2) is 5.84 Å². The first-order valence-corrected chi connectivity index (χ1v) is 19.1. The number of anilines is 1. The summed E-state index contributed by atoms with van der Waals surface area (Å²) in [7, 11) is 1.76. The number of hydrogen-bond donors (Lipinski definition) is 2. The van der Waals surface area contributed by atoms with Crippen LogP contribution in [0.25, 0.3) is 5.57 Å². The Morgan fingerprint density at radius 3 is 2.09 bits per heavy atom. The van der Waals surface area contributed by atoms with Crippen LogP contribution in [0, 0.1) is 25.2 Å². The molecule has 0 spiro atoms. The van der Waals surface area contributed by atoms with E-state index in [1.807, 2.05) is 126 Å². The SMILES string of the molecule is C/C(=C/N)c1cc(C)ccn1.CCC(=NC(=NC)c1ccc(C)c(NC=O)c1)C1CC1.CCC(CC)(COCc1ccccc1)C(=O)OCc1ccccc1. The Kier molecular flexibility index (Phi) is 18.7. The lowest BCUT2D eigenvalue weighted by Crippen LogP contribution is -2.36. The minimum atomic E-state index is -0.580. The highest BCUT2D eigenvalue weighted by Crippen LogP contribution is 2.32. The summed E-state index contributed by atoms with van der Waals surface area (Å²) in [6.07, 6.45) is 8.91. The van der Waals surface area contributed by atoms with Gasteiger partial charge in [-0.15, -0.1) is 0 Å². The molecule has 4 aromatic rings. The molecule has 9 heteroatoms. The van der Waals surface area contributed by atoms with Crippen LogP contribution in [-0.2, 0) is 32.3 Å². The second-order valence-electron chi connectivity index (χ2n) is 13.7. The maximum absolute atomic E-state index is 12.6. The molecule has 0 saturated heterocycles. The number of nitrogens with one attached hydrogen (secondary N) is 1. The van der Waals surface area contributed by atoms with Crippen LogP contribution in [0.5, 0.6) is 0 Å².